The third kappa shape index (κ3) is 2.51. The monoisotopic (exact) mass is 397 g/mol. The molecule has 6 heteroatoms. The van der Waals surface area contributed by atoms with Crippen molar-refractivity contribution in [3.63, 3.8) is 0 Å². The van der Waals surface area contributed by atoms with E-state index >= 15 is 0 Å². The van der Waals surface area contributed by atoms with Crippen LogP contribution in [0.2, 0.25) is 5.02 Å². The number of amides is 1. The van der Waals surface area contributed by atoms with E-state index in [2.05, 4.69) is 38.1 Å². The number of rotatable bonds is 2. The summed E-state index contributed by atoms with van der Waals surface area (Å²) in [5.41, 5.74) is 2.02. The summed E-state index contributed by atoms with van der Waals surface area (Å²) in [6.45, 7) is 0. The van der Waals surface area contributed by atoms with E-state index in [9.17, 15) is 4.79 Å². The molecular weight excluding hydrogens is 389 g/mol. The molecule has 1 amide bonds. The number of benzene rings is 2. The molecule has 1 heterocycles. The zero-order chi connectivity index (χ0) is 14.1. The van der Waals surface area contributed by atoms with Crippen molar-refractivity contribution < 1.29 is 4.79 Å². The largest absolute Gasteiger partial charge is 0.320 e. The molecule has 0 unspecified atom stereocenters. The molecule has 0 atom stereocenters. The van der Waals surface area contributed by atoms with Crippen molar-refractivity contribution in [3.8, 4) is 0 Å². The Kier molecular flexibility index (Phi) is 3.62. The minimum absolute atomic E-state index is 0.203. The first kappa shape index (κ1) is 13.4. The molecule has 3 aromatic rings. The number of nitrogens with zero attached hydrogens (tertiary/aromatic N) is 1. The van der Waals surface area contributed by atoms with E-state index in [-0.39, 0.29) is 5.91 Å². The fourth-order valence-corrected chi connectivity index (χ4v) is 2.42. The molecule has 2 aromatic carbocycles. The predicted molar refractivity (Wildman–Crippen MR) is 88.2 cm³/mol. The van der Waals surface area contributed by atoms with Crippen LogP contribution >= 0.6 is 34.2 Å². The van der Waals surface area contributed by atoms with Gasteiger partial charge in [0.25, 0.3) is 5.91 Å². The maximum absolute atomic E-state index is 12.2. The van der Waals surface area contributed by atoms with Crippen LogP contribution in [0.25, 0.3) is 10.9 Å². The van der Waals surface area contributed by atoms with Crippen molar-refractivity contribution in [2.75, 3.05) is 5.32 Å². The lowest BCUT2D eigenvalue weighted by molar-refractivity contribution is 0.102. The van der Waals surface area contributed by atoms with Crippen LogP contribution in [0.4, 0.5) is 5.69 Å². The lowest BCUT2D eigenvalue weighted by Gasteiger charge is -2.07. The molecule has 3 rings (SSSR count). The van der Waals surface area contributed by atoms with Gasteiger partial charge < -0.3 is 5.32 Å². The highest BCUT2D eigenvalue weighted by molar-refractivity contribution is 14.1. The summed E-state index contributed by atoms with van der Waals surface area (Å²) in [6, 6.07) is 10.8. The summed E-state index contributed by atoms with van der Waals surface area (Å²) in [7, 11) is 0. The van der Waals surface area contributed by atoms with E-state index < -0.39 is 0 Å². The summed E-state index contributed by atoms with van der Waals surface area (Å²) in [4.78, 5) is 12.2. The van der Waals surface area contributed by atoms with E-state index in [0.717, 1.165) is 14.5 Å². The van der Waals surface area contributed by atoms with Crippen LogP contribution in [0.5, 0.6) is 0 Å². The number of nitrogens with one attached hydrogen (secondary N) is 2. The van der Waals surface area contributed by atoms with Crippen molar-refractivity contribution in [1.29, 1.82) is 0 Å². The van der Waals surface area contributed by atoms with Gasteiger partial charge in [-0.05, 0) is 46.9 Å². The zero-order valence-electron chi connectivity index (χ0n) is 10.2. The third-order valence-corrected chi connectivity index (χ3v) is 4.48. The number of aromatic nitrogens is 2. The second-order valence-corrected chi connectivity index (χ2v) is 5.79. The molecule has 1 aromatic heterocycles. The van der Waals surface area contributed by atoms with Gasteiger partial charge in [0.05, 0.1) is 22.4 Å². The number of H-pyrrole nitrogens is 1. The van der Waals surface area contributed by atoms with Crippen LogP contribution in [0.1, 0.15) is 10.4 Å². The molecule has 0 fully saturated rings. The maximum atomic E-state index is 12.2. The second-order valence-electron chi connectivity index (χ2n) is 4.22. The number of aromatic amines is 1. The van der Waals surface area contributed by atoms with Crippen LogP contribution in [0, 0.1) is 3.57 Å². The molecule has 0 aliphatic rings. The van der Waals surface area contributed by atoms with Crippen molar-refractivity contribution >= 4 is 56.7 Å². The summed E-state index contributed by atoms with van der Waals surface area (Å²) >= 11 is 8.16. The van der Waals surface area contributed by atoms with Crippen LogP contribution in [0.15, 0.2) is 42.6 Å². The maximum Gasteiger partial charge on any atom is 0.255 e. The first-order valence-corrected chi connectivity index (χ1v) is 7.29. The summed E-state index contributed by atoms with van der Waals surface area (Å²) in [5, 5.41) is 11.2. The van der Waals surface area contributed by atoms with Crippen LogP contribution < -0.4 is 5.32 Å². The summed E-state index contributed by atoms with van der Waals surface area (Å²) < 4.78 is 0.913. The molecule has 0 saturated carbocycles. The Hall–Kier alpha value is -1.60. The molecule has 0 aliphatic carbocycles. The lowest BCUT2D eigenvalue weighted by atomic mass is 10.2. The number of carbonyl (C=O) groups excluding carboxylic acids is 1. The summed E-state index contributed by atoms with van der Waals surface area (Å²) in [6.07, 6.45) is 1.72. The van der Waals surface area contributed by atoms with Crippen molar-refractivity contribution in [2.45, 2.75) is 0 Å². The minimum atomic E-state index is -0.203. The fraction of sp³-hybridized carbons (Fsp3) is 0. The second kappa shape index (κ2) is 5.41. The Morgan fingerprint density at radius 3 is 2.95 bits per heavy atom. The molecule has 0 radical (unpaired) electrons. The van der Waals surface area contributed by atoms with Crippen molar-refractivity contribution in [1.82, 2.24) is 10.2 Å². The molecule has 0 spiro atoms. The molecule has 4 nitrogen and oxygen atoms in total. The molecule has 0 saturated heterocycles. The minimum Gasteiger partial charge on any atom is -0.320 e. The Morgan fingerprint density at radius 2 is 2.15 bits per heavy atom. The van der Waals surface area contributed by atoms with Gasteiger partial charge in [0.1, 0.15) is 0 Å². The molecule has 0 aliphatic heterocycles. The van der Waals surface area contributed by atoms with Gasteiger partial charge >= 0.3 is 0 Å². The highest BCUT2D eigenvalue weighted by Gasteiger charge is 2.10. The number of hydrogen-bond acceptors (Lipinski definition) is 2. The first-order chi connectivity index (χ1) is 9.65. The van der Waals surface area contributed by atoms with Gasteiger partial charge in [-0.3, -0.25) is 9.89 Å². The zero-order valence-corrected chi connectivity index (χ0v) is 13.1. The van der Waals surface area contributed by atoms with E-state index in [1.165, 1.54) is 0 Å². The topological polar surface area (TPSA) is 57.8 Å². The highest BCUT2D eigenvalue weighted by atomic mass is 127. The normalized spacial score (nSPS) is 10.7. The van der Waals surface area contributed by atoms with Crippen LogP contribution in [-0.2, 0) is 0 Å². The number of anilines is 1. The average Bonchev–Trinajstić information content (AvgIpc) is 2.91. The molecule has 2 N–H and O–H groups in total. The smallest absolute Gasteiger partial charge is 0.255 e. The predicted octanol–water partition coefficient (Wildman–Crippen LogP) is 4.07. The van der Waals surface area contributed by atoms with Gasteiger partial charge in [-0.1, -0.05) is 23.7 Å². The van der Waals surface area contributed by atoms with Gasteiger partial charge in [0, 0.05) is 14.5 Å². The van der Waals surface area contributed by atoms with Gasteiger partial charge in [0.15, 0.2) is 0 Å². The molecule has 0 bridgehead atoms. The summed E-state index contributed by atoms with van der Waals surface area (Å²) in [5.74, 6) is -0.203. The Balaban J connectivity index is 1.92. The van der Waals surface area contributed by atoms with Crippen molar-refractivity contribution in [2.24, 2.45) is 0 Å². The van der Waals surface area contributed by atoms with E-state index in [1.807, 2.05) is 24.3 Å². The average molecular weight is 398 g/mol. The van der Waals surface area contributed by atoms with E-state index in [0.29, 0.717) is 16.3 Å². The Morgan fingerprint density at radius 1 is 1.30 bits per heavy atom. The van der Waals surface area contributed by atoms with Gasteiger partial charge in [0.2, 0.25) is 0 Å². The van der Waals surface area contributed by atoms with E-state index in [1.54, 1.807) is 18.3 Å². The fourth-order valence-electron chi connectivity index (χ4n) is 1.90. The van der Waals surface area contributed by atoms with Gasteiger partial charge in [-0.2, -0.15) is 5.10 Å². The number of halogens is 2. The quantitative estimate of drug-likeness (QED) is 0.640. The standard InChI is InChI=1S/C14H9ClIN3O/c15-10-6-8(4-5-11(10)16)14(20)18-12-3-1-2-9-7-17-19-13(9)12/h1-7H,(H,17,19)(H,18,20). The van der Waals surface area contributed by atoms with Crippen LogP contribution in [-0.4, -0.2) is 16.1 Å². The lowest BCUT2D eigenvalue weighted by Crippen LogP contribution is -2.12. The van der Waals surface area contributed by atoms with Crippen LogP contribution in [0.3, 0.4) is 0 Å². The SMILES string of the molecule is O=C(Nc1cccc2cn[nH]c12)c1ccc(I)c(Cl)c1. The number of fused-ring (bicyclic) bond motifs is 1. The number of hydrogen-bond donors (Lipinski definition) is 2. The van der Waals surface area contributed by atoms with E-state index in [4.69, 9.17) is 11.6 Å². The van der Waals surface area contributed by atoms with Gasteiger partial charge in [-0.25, -0.2) is 0 Å². The van der Waals surface area contributed by atoms with Gasteiger partial charge in [-0.15, -0.1) is 0 Å². The molecular formula is C14H9ClIN3O. The highest BCUT2D eigenvalue weighted by Crippen LogP contribution is 2.23. The van der Waals surface area contributed by atoms with Crippen molar-refractivity contribution in [3.05, 3.63) is 56.8 Å². The number of para-hydroxylation sites is 1. The number of carbonyl (C=O) groups is 1. The molecule has 20 heavy (non-hydrogen) atoms. The third-order valence-electron chi connectivity index (χ3n) is 2.91. The first-order valence-electron chi connectivity index (χ1n) is 5.83. The Bertz CT molecular complexity index is 800. The Labute approximate surface area is 133 Å². The molecule has 100 valence electrons.